The van der Waals surface area contributed by atoms with Gasteiger partial charge in [-0.3, -0.25) is 9.79 Å². The Morgan fingerprint density at radius 3 is 2.56 bits per heavy atom. The van der Waals surface area contributed by atoms with E-state index in [9.17, 15) is 18.3 Å². The minimum atomic E-state index is -3.58. The average Bonchev–Trinajstić information content (AvgIpc) is 3.17. The number of aliphatic hydroxyl groups excluding tert-OH is 1. The summed E-state index contributed by atoms with van der Waals surface area (Å²) in [5, 5.41) is 12.9. The van der Waals surface area contributed by atoms with Gasteiger partial charge in [0.05, 0.1) is 27.9 Å². The largest absolute Gasteiger partial charge is 0.514 e. The van der Waals surface area contributed by atoms with E-state index in [-0.39, 0.29) is 28.2 Å². The SMILES string of the molecule is CN=C1SC(C2CCN(C(=O)CCS(=O)(=O)c3ccc4cc(Cl)ccc4c3)CC2)/C(=C\O)N1C. The van der Waals surface area contributed by atoms with Crippen LogP contribution in [0.3, 0.4) is 0 Å². The fourth-order valence-electron chi connectivity index (χ4n) is 4.59. The summed E-state index contributed by atoms with van der Waals surface area (Å²) in [6.45, 7) is 1.16. The van der Waals surface area contributed by atoms with Crippen LogP contribution < -0.4 is 0 Å². The van der Waals surface area contributed by atoms with Gasteiger partial charge in [-0.05, 0) is 53.8 Å². The van der Waals surface area contributed by atoms with E-state index in [2.05, 4.69) is 4.99 Å². The summed E-state index contributed by atoms with van der Waals surface area (Å²) in [7, 11) is 0.0421. The van der Waals surface area contributed by atoms with Crippen molar-refractivity contribution in [2.45, 2.75) is 29.4 Å². The van der Waals surface area contributed by atoms with Crippen LogP contribution in [0.15, 0.2) is 58.2 Å². The number of benzene rings is 2. The molecule has 0 aliphatic carbocycles. The molecule has 2 heterocycles. The third-order valence-electron chi connectivity index (χ3n) is 6.56. The molecule has 1 N–H and O–H groups in total. The van der Waals surface area contributed by atoms with Gasteiger partial charge in [-0.1, -0.05) is 35.5 Å². The maximum atomic E-state index is 12.9. The molecule has 7 nitrogen and oxygen atoms in total. The van der Waals surface area contributed by atoms with E-state index in [4.69, 9.17) is 11.6 Å². The normalized spacial score (nSPS) is 22.3. The topological polar surface area (TPSA) is 90.3 Å². The molecule has 34 heavy (non-hydrogen) atoms. The highest BCUT2D eigenvalue weighted by atomic mass is 35.5. The lowest BCUT2D eigenvalue weighted by atomic mass is 9.91. The van der Waals surface area contributed by atoms with Crippen LogP contribution in [0.5, 0.6) is 0 Å². The number of carbonyl (C=O) groups excluding carboxylic acids is 1. The molecule has 10 heteroatoms. The Hall–Kier alpha value is -2.23. The van der Waals surface area contributed by atoms with Crippen molar-refractivity contribution in [3.63, 3.8) is 0 Å². The van der Waals surface area contributed by atoms with Crippen LogP contribution in [0.2, 0.25) is 5.02 Å². The van der Waals surface area contributed by atoms with Crippen LogP contribution in [-0.2, 0) is 14.6 Å². The molecule has 2 fully saturated rings. The molecular formula is C24H28ClN3O4S2. The zero-order chi connectivity index (χ0) is 24.5. The molecule has 1 amide bonds. The van der Waals surface area contributed by atoms with Gasteiger partial charge < -0.3 is 14.9 Å². The fraction of sp³-hybridized carbons (Fsp3) is 0.417. The van der Waals surface area contributed by atoms with Gasteiger partial charge >= 0.3 is 0 Å². The summed E-state index contributed by atoms with van der Waals surface area (Å²) in [6, 6.07) is 10.2. The van der Waals surface area contributed by atoms with E-state index in [0.717, 1.165) is 40.7 Å². The molecule has 0 radical (unpaired) electrons. The highest BCUT2D eigenvalue weighted by Gasteiger charge is 2.39. The zero-order valence-electron chi connectivity index (χ0n) is 19.1. The number of hydrogen-bond acceptors (Lipinski definition) is 6. The number of piperidine rings is 1. The lowest BCUT2D eigenvalue weighted by Gasteiger charge is -2.34. The second-order valence-corrected chi connectivity index (χ2v) is 12.3. The molecule has 1 atom stereocenters. The molecule has 182 valence electrons. The summed E-state index contributed by atoms with van der Waals surface area (Å²) >= 11 is 7.64. The third kappa shape index (κ3) is 5.06. The number of likely N-dealkylation sites (tertiary alicyclic amines) is 1. The van der Waals surface area contributed by atoms with Crippen molar-refractivity contribution >= 4 is 55.0 Å². The van der Waals surface area contributed by atoms with Gasteiger partial charge in [0.15, 0.2) is 15.0 Å². The first kappa shape index (κ1) is 24.9. The molecule has 4 rings (SSSR count). The number of halogens is 1. The van der Waals surface area contributed by atoms with E-state index < -0.39 is 9.84 Å². The summed E-state index contributed by atoms with van der Waals surface area (Å²) in [5.41, 5.74) is 0.833. The van der Waals surface area contributed by atoms with Crippen LogP contribution in [-0.4, -0.2) is 72.6 Å². The van der Waals surface area contributed by atoms with Gasteiger partial charge in [-0.2, -0.15) is 0 Å². The molecule has 0 saturated carbocycles. The summed E-state index contributed by atoms with van der Waals surface area (Å²) in [4.78, 5) is 20.9. The summed E-state index contributed by atoms with van der Waals surface area (Å²) in [5.74, 6) is -0.0505. The fourth-order valence-corrected chi connectivity index (χ4v) is 7.43. The molecule has 2 aromatic carbocycles. The molecule has 0 spiro atoms. The Bertz CT molecular complexity index is 1250. The number of amidine groups is 1. The monoisotopic (exact) mass is 521 g/mol. The van der Waals surface area contributed by atoms with Gasteiger partial charge in [0.1, 0.15) is 0 Å². The predicted molar refractivity (Wildman–Crippen MR) is 138 cm³/mol. The number of aliphatic imine (C=N–C) groups is 1. The van der Waals surface area contributed by atoms with Crippen LogP contribution in [0.25, 0.3) is 10.8 Å². The van der Waals surface area contributed by atoms with Crippen molar-refractivity contribution in [1.82, 2.24) is 9.80 Å². The second kappa shape index (κ2) is 10.2. The lowest BCUT2D eigenvalue weighted by molar-refractivity contribution is -0.132. The number of carbonyl (C=O) groups is 1. The number of sulfone groups is 1. The maximum absolute atomic E-state index is 12.9. The Kier molecular flexibility index (Phi) is 7.45. The summed E-state index contributed by atoms with van der Waals surface area (Å²) < 4.78 is 25.7. The number of rotatable bonds is 5. The Morgan fingerprint density at radius 2 is 1.88 bits per heavy atom. The maximum Gasteiger partial charge on any atom is 0.223 e. The number of thioether (sulfide) groups is 1. The van der Waals surface area contributed by atoms with E-state index in [1.165, 1.54) is 0 Å². The molecular weight excluding hydrogens is 494 g/mol. The third-order valence-corrected chi connectivity index (χ3v) is 10.1. The van der Waals surface area contributed by atoms with Gasteiger partial charge in [-0.25, -0.2) is 8.42 Å². The number of amides is 1. The van der Waals surface area contributed by atoms with Crippen molar-refractivity contribution in [2.24, 2.45) is 10.9 Å². The number of nitrogens with zero attached hydrogens (tertiary/aromatic N) is 3. The highest BCUT2D eigenvalue weighted by Crippen LogP contribution is 2.41. The van der Waals surface area contributed by atoms with Crippen molar-refractivity contribution in [3.05, 3.63) is 53.4 Å². The first-order valence-electron chi connectivity index (χ1n) is 11.1. The van der Waals surface area contributed by atoms with Crippen LogP contribution in [0.4, 0.5) is 0 Å². The van der Waals surface area contributed by atoms with Gasteiger partial charge in [0.2, 0.25) is 5.91 Å². The van der Waals surface area contributed by atoms with E-state index in [1.54, 1.807) is 60.1 Å². The smallest absolute Gasteiger partial charge is 0.223 e. The molecule has 0 bridgehead atoms. The Labute approximate surface area is 209 Å². The van der Waals surface area contributed by atoms with E-state index in [0.29, 0.717) is 24.0 Å². The zero-order valence-corrected chi connectivity index (χ0v) is 21.5. The van der Waals surface area contributed by atoms with Crippen molar-refractivity contribution in [2.75, 3.05) is 32.9 Å². The Balaban J connectivity index is 1.34. The number of aliphatic hydroxyl groups is 1. The van der Waals surface area contributed by atoms with Crippen molar-refractivity contribution in [1.29, 1.82) is 0 Å². The average molecular weight is 522 g/mol. The number of hydrogen-bond donors (Lipinski definition) is 1. The van der Waals surface area contributed by atoms with Crippen LogP contribution in [0, 0.1) is 5.92 Å². The van der Waals surface area contributed by atoms with Crippen LogP contribution in [0.1, 0.15) is 19.3 Å². The van der Waals surface area contributed by atoms with E-state index >= 15 is 0 Å². The molecule has 2 aliphatic rings. The highest BCUT2D eigenvalue weighted by molar-refractivity contribution is 8.14. The van der Waals surface area contributed by atoms with Crippen molar-refractivity contribution < 1.29 is 18.3 Å². The van der Waals surface area contributed by atoms with Gasteiger partial charge in [0.25, 0.3) is 0 Å². The second-order valence-electron chi connectivity index (χ2n) is 8.60. The minimum Gasteiger partial charge on any atom is -0.514 e. The number of fused-ring (bicyclic) bond motifs is 1. The van der Waals surface area contributed by atoms with Gasteiger partial charge in [-0.15, -0.1) is 0 Å². The molecule has 1 unspecified atom stereocenters. The van der Waals surface area contributed by atoms with E-state index in [1.807, 2.05) is 11.9 Å². The molecule has 2 aromatic rings. The first-order valence-corrected chi connectivity index (χ1v) is 14.1. The first-order chi connectivity index (χ1) is 16.2. The molecule has 2 saturated heterocycles. The quantitative estimate of drug-likeness (QED) is 0.589. The lowest BCUT2D eigenvalue weighted by Crippen LogP contribution is -2.41. The van der Waals surface area contributed by atoms with Crippen LogP contribution >= 0.6 is 23.4 Å². The van der Waals surface area contributed by atoms with Crippen molar-refractivity contribution in [3.8, 4) is 0 Å². The molecule has 0 aromatic heterocycles. The summed E-state index contributed by atoms with van der Waals surface area (Å²) in [6.07, 6.45) is 2.71. The Morgan fingerprint density at radius 1 is 1.21 bits per heavy atom. The molecule has 2 aliphatic heterocycles. The van der Waals surface area contributed by atoms with Gasteiger partial charge in [0, 0.05) is 38.6 Å². The predicted octanol–water partition coefficient (Wildman–Crippen LogP) is 4.33. The standard InChI is InChI=1S/C24H28ClN3O4S2/c1-26-24-27(2)21(15-29)23(33-24)16-7-10-28(11-8-16)22(30)9-12-34(31,32)20-6-4-17-13-19(25)5-3-18(17)14-20/h3-6,13-16,23,29H,7-12H2,1-2H3/b21-15+,26-24?. The minimum absolute atomic E-state index is 0.0407.